The van der Waals surface area contributed by atoms with E-state index in [1.165, 1.54) is 14.2 Å². The van der Waals surface area contributed by atoms with Crippen molar-refractivity contribution in [2.45, 2.75) is 0 Å². The summed E-state index contributed by atoms with van der Waals surface area (Å²) in [6.07, 6.45) is 0. The minimum absolute atomic E-state index is 0.287. The van der Waals surface area contributed by atoms with Gasteiger partial charge in [0.15, 0.2) is 0 Å². The second-order valence-electron chi connectivity index (χ2n) is 1.22. The highest BCUT2D eigenvalue weighted by Crippen LogP contribution is 1.85. The Kier molecular flexibility index (Phi) is 3.78. The van der Waals surface area contributed by atoms with Crippen LogP contribution in [-0.4, -0.2) is 36.4 Å². The molecule has 0 aliphatic rings. The summed E-state index contributed by atoms with van der Waals surface area (Å²) >= 11 is 0. The number of ether oxygens (including phenoxy) is 2. The summed E-state index contributed by atoms with van der Waals surface area (Å²) in [5.41, 5.74) is 0. The quantitative estimate of drug-likeness (QED) is 0.216. The van der Waals surface area contributed by atoms with Crippen molar-refractivity contribution < 1.29 is 19.9 Å². The molecule has 6 nitrogen and oxygen atoms in total. The average molecular weight is 148 g/mol. The predicted octanol–water partition coefficient (Wildman–Crippen LogP) is -0.145. The number of rotatable bonds is 0. The van der Waals surface area contributed by atoms with E-state index in [1.54, 1.807) is 0 Å². The van der Waals surface area contributed by atoms with Gasteiger partial charge in [-0.2, -0.15) is 0 Å². The second kappa shape index (κ2) is 4.42. The molecule has 0 aromatic rings. The first kappa shape index (κ1) is 8.54. The van der Waals surface area contributed by atoms with Crippen molar-refractivity contribution in [2.24, 2.45) is 10.3 Å². The molecule has 6 heteroatoms. The molecule has 0 aromatic carbocycles. The van der Waals surface area contributed by atoms with E-state index in [2.05, 4.69) is 19.8 Å². The van der Waals surface area contributed by atoms with Crippen LogP contribution in [0.25, 0.3) is 0 Å². The molecule has 0 atom stereocenters. The maximum absolute atomic E-state index is 8.15. The van der Waals surface area contributed by atoms with Crippen LogP contribution in [0.3, 0.4) is 0 Å². The van der Waals surface area contributed by atoms with Gasteiger partial charge in [0.1, 0.15) is 0 Å². The fourth-order valence-electron chi connectivity index (χ4n) is 0.342. The second-order valence-corrected chi connectivity index (χ2v) is 1.22. The maximum Gasteiger partial charge on any atom is 0.316 e. The lowest BCUT2D eigenvalue weighted by Gasteiger charge is -2.01. The molecule has 0 heterocycles. The molecule has 0 spiro atoms. The third-order valence-corrected chi connectivity index (χ3v) is 0.751. The van der Waals surface area contributed by atoms with E-state index in [0.717, 1.165) is 0 Å². The molecule has 2 N–H and O–H groups in total. The Labute approximate surface area is 57.3 Å². The third kappa shape index (κ3) is 1.81. The zero-order valence-electron chi connectivity index (χ0n) is 5.61. The standard InChI is InChI=1S/C4H8N2O4/c1-9-3(5-7)4(6-8)10-2/h7-8H,1-2H3/b5-3-,6-4-. The summed E-state index contributed by atoms with van der Waals surface area (Å²) < 4.78 is 8.86. The van der Waals surface area contributed by atoms with E-state index in [0.29, 0.717) is 0 Å². The highest BCUT2D eigenvalue weighted by atomic mass is 16.6. The SMILES string of the molecule is COC(=N\O)/C(=N/O)OC. The molecule has 0 saturated carbocycles. The van der Waals surface area contributed by atoms with Gasteiger partial charge in [0.2, 0.25) is 0 Å². The summed E-state index contributed by atoms with van der Waals surface area (Å²) in [7, 11) is 2.50. The molecule has 0 aromatic heterocycles. The summed E-state index contributed by atoms with van der Waals surface area (Å²) in [5, 5.41) is 21.6. The van der Waals surface area contributed by atoms with Crippen LogP contribution in [-0.2, 0) is 9.47 Å². The van der Waals surface area contributed by atoms with Gasteiger partial charge in [-0.05, 0) is 10.3 Å². The molecule has 0 radical (unpaired) electrons. The Morgan fingerprint density at radius 2 is 1.30 bits per heavy atom. The first-order valence-electron chi connectivity index (χ1n) is 2.32. The number of hydrogen-bond acceptors (Lipinski definition) is 6. The van der Waals surface area contributed by atoms with Crippen LogP contribution in [0.5, 0.6) is 0 Å². The Balaban J connectivity index is 4.27. The van der Waals surface area contributed by atoms with Crippen LogP contribution in [0.2, 0.25) is 0 Å². The van der Waals surface area contributed by atoms with Crippen molar-refractivity contribution in [3.8, 4) is 0 Å². The van der Waals surface area contributed by atoms with Crippen LogP contribution in [0.1, 0.15) is 0 Å². The maximum atomic E-state index is 8.15. The van der Waals surface area contributed by atoms with E-state index >= 15 is 0 Å². The molecule has 0 bridgehead atoms. The lowest BCUT2D eigenvalue weighted by Crippen LogP contribution is -2.18. The molecular formula is C4H8N2O4. The van der Waals surface area contributed by atoms with Crippen LogP contribution in [0, 0.1) is 0 Å². The fourth-order valence-corrected chi connectivity index (χ4v) is 0.342. The van der Waals surface area contributed by atoms with Gasteiger partial charge < -0.3 is 19.9 Å². The van der Waals surface area contributed by atoms with Gasteiger partial charge in [0, 0.05) is 0 Å². The average Bonchev–Trinajstić information content (AvgIpc) is 2.00. The van der Waals surface area contributed by atoms with Gasteiger partial charge >= 0.3 is 11.8 Å². The molecule has 10 heavy (non-hydrogen) atoms. The van der Waals surface area contributed by atoms with Crippen molar-refractivity contribution in [3.05, 3.63) is 0 Å². The number of methoxy groups -OCH3 is 2. The van der Waals surface area contributed by atoms with Gasteiger partial charge in [-0.15, -0.1) is 0 Å². The van der Waals surface area contributed by atoms with Crippen molar-refractivity contribution in [1.82, 2.24) is 0 Å². The highest BCUT2D eigenvalue weighted by Gasteiger charge is 2.09. The summed E-state index contributed by atoms with van der Waals surface area (Å²) in [6, 6.07) is 0. The van der Waals surface area contributed by atoms with Gasteiger partial charge in [0.25, 0.3) is 0 Å². The fraction of sp³-hybridized carbons (Fsp3) is 0.500. The van der Waals surface area contributed by atoms with Gasteiger partial charge in [-0.25, -0.2) is 0 Å². The predicted molar refractivity (Wildman–Crippen MR) is 32.5 cm³/mol. The van der Waals surface area contributed by atoms with Crippen LogP contribution in [0.4, 0.5) is 0 Å². The van der Waals surface area contributed by atoms with Crippen LogP contribution >= 0.6 is 0 Å². The monoisotopic (exact) mass is 148 g/mol. The minimum atomic E-state index is -0.287. The number of hydrogen-bond donors (Lipinski definition) is 2. The normalized spacial score (nSPS) is 13.0. The van der Waals surface area contributed by atoms with Gasteiger partial charge in [-0.1, -0.05) is 0 Å². The lowest BCUT2D eigenvalue weighted by atomic mass is 10.6. The van der Waals surface area contributed by atoms with E-state index < -0.39 is 0 Å². The minimum Gasteiger partial charge on any atom is -0.475 e. The van der Waals surface area contributed by atoms with Crippen molar-refractivity contribution >= 4 is 11.8 Å². The Bertz CT molecular complexity index is 135. The smallest absolute Gasteiger partial charge is 0.316 e. The Morgan fingerprint density at radius 1 is 1.00 bits per heavy atom. The van der Waals surface area contributed by atoms with Gasteiger partial charge in [0.05, 0.1) is 14.2 Å². The molecular weight excluding hydrogens is 140 g/mol. The van der Waals surface area contributed by atoms with E-state index in [4.69, 9.17) is 10.4 Å². The largest absolute Gasteiger partial charge is 0.475 e. The first-order valence-corrected chi connectivity index (χ1v) is 2.32. The van der Waals surface area contributed by atoms with Crippen molar-refractivity contribution in [1.29, 1.82) is 0 Å². The number of oxime groups is 2. The zero-order chi connectivity index (χ0) is 7.98. The Hall–Kier alpha value is -1.46. The molecule has 0 aliphatic carbocycles. The molecule has 0 rings (SSSR count). The molecule has 0 unspecified atom stereocenters. The van der Waals surface area contributed by atoms with Crippen molar-refractivity contribution in [2.75, 3.05) is 14.2 Å². The van der Waals surface area contributed by atoms with Crippen molar-refractivity contribution in [3.63, 3.8) is 0 Å². The summed E-state index contributed by atoms with van der Waals surface area (Å²) in [6.45, 7) is 0. The molecule has 0 fully saturated rings. The third-order valence-electron chi connectivity index (χ3n) is 0.751. The molecule has 58 valence electrons. The van der Waals surface area contributed by atoms with Crippen LogP contribution in [0.15, 0.2) is 10.3 Å². The Morgan fingerprint density at radius 3 is 1.40 bits per heavy atom. The van der Waals surface area contributed by atoms with E-state index in [9.17, 15) is 0 Å². The number of nitrogens with zero attached hydrogens (tertiary/aromatic N) is 2. The van der Waals surface area contributed by atoms with Crippen LogP contribution < -0.4 is 0 Å². The molecule has 0 aliphatic heterocycles. The van der Waals surface area contributed by atoms with E-state index in [-0.39, 0.29) is 11.8 Å². The molecule has 0 amide bonds. The first-order chi connectivity index (χ1) is 4.79. The summed E-state index contributed by atoms with van der Waals surface area (Å²) in [4.78, 5) is 0. The molecule has 0 saturated heterocycles. The highest BCUT2D eigenvalue weighted by molar-refractivity contribution is 6.34. The topological polar surface area (TPSA) is 83.6 Å². The zero-order valence-corrected chi connectivity index (χ0v) is 5.61. The van der Waals surface area contributed by atoms with Gasteiger partial charge in [-0.3, -0.25) is 0 Å². The lowest BCUT2D eigenvalue weighted by molar-refractivity contribution is 0.266. The summed E-state index contributed by atoms with van der Waals surface area (Å²) in [5.74, 6) is -0.574. The van der Waals surface area contributed by atoms with E-state index in [1.807, 2.05) is 0 Å².